The molecule has 0 aromatic heterocycles. The van der Waals surface area contributed by atoms with Crippen molar-refractivity contribution in [2.45, 2.75) is 63.8 Å². The van der Waals surface area contributed by atoms with Gasteiger partial charge in [-0.15, -0.1) is 0 Å². The molecule has 0 radical (unpaired) electrons. The number of anilines is 1. The van der Waals surface area contributed by atoms with Gasteiger partial charge < -0.3 is 9.84 Å². The third-order valence-corrected chi connectivity index (χ3v) is 11.3. The number of ether oxygens (including phenoxy) is 1. The van der Waals surface area contributed by atoms with Crippen LogP contribution in [0, 0.1) is 34.9 Å². The Bertz CT molecular complexity index is 1620. The normalized spacial score (nSPS) is 31.6. The van der Waals surface area contributed by atoms with Crippen LogP contribution in [0.3, 0.4) is 0 Å². The predicted molar refractivity (Wildman–Crippen MR) is 164 cm³/mol. The number of hydrogen-bond donors (Lipinski definition) is 1. The molecule has 3 aliphatic carbocycles. The highest BCUT2D eigenvalue weighted by atomic mass is 35.5. The maximum atomic E-state index is 14.6. The molecule has 2 heterocycles. The van der Waals surface area contributed by atoms with Crippen LogP contribution in [0.15, 0.2) is 54.1 Å². The highest BCUT2D eigenvalue weighted by molar-refractivity contribution is 6.31. The topological polar surface area (TPSA) is 104 Å². The molecule has 45 heavy (non-hydrogen) atoms. The summed E-state index contributed by atoms with van der Waals surface area (Å²) in [5.41, 5.74) is 0.442. The van der Waals surface area contributed by atoms with Crippen molar-refractivity contribution < 1.29 is 33.4 Å². The fraction of sp³-hybridized carbons (Fsp3) is 0.486. The van der Waals surface area contributed by atoms with Gasteiger partial charge in [0.2, 0.25) is 23.6 Å². The number of imide groups is 2. The van der Waals surface area contributed by atoms with Crippen LogP contribution >= 0.6 is 11.6 Å². The first-order valence-electron chi connectivity index (χ1n) is 15.9. The van der Waals surface area contributed by atoms with Gasteiger partial charge in [0, 0.05) is 17.5 Å². The first kappa shape index (κ1) is 30.1. The van der Waals surface area contributed by atoms with Crippen LogP contribution < -0.4 is 9.64 Å². The van der Waals surface area contributed by atoms with E-state index in [0.717, 1.165) is 48.6 Å². The molecule has 2 saturated heterocycles. The van der Waals surface area contributed by atoms with Crippen LogP contribution in [0.5, 0.6) is 5.75 Å². The van der Waals surface area contributed by atoms with E-state index in [9.17, 15) is 28.7 Å². The molecule has 2 aromatic rings. The summed E-state index contributed by atoms with van der Waals surface area (Å²) in [6, 6.07) is 11.0. The number of rotatable bonds is 6. The number of hydrogen-bond acceptors (Lipinski definition) is 6. The minimum atomic E-state index is -1.28. The van der Waals surface area contributed by atoms with E-state index in [2.05, 4.69) is 0 Å². The minimum absolute atomic E-state index is 0.0352. The lowest BCUT2D eigenvalue weighted by molar-refractivity contribution is -0.144. The Kier molecular flexibility index (Phi) is 7.60. The molecule has 4 fully saturated rings. The number of nitrogens with zero attached hydrogens (tertiary/aromatic N) is 2. The Hall–Kier alpha value is -3.56. The molecule has 236 valence electrons. The standard InChI is InChI=1S/C35H36ClFN2O6/c1-35-25(32(42)39(34(35)44)20-11-14-27(37)26(36)17-20)18-24-21(30(35)22-9-5-6-10-28(22)45-16-15-40)12-13-23-29(24)33(43)38(31(23)41)19-7-3-2-4-8-19/h5-6,9-12,14,17,19,23-25,29-30,40H,2-4,7-8,13,15-16,18H2,1H3. The Labute approximate surface area is 266 Å². The molecular weight excluding hydrogens is 599 g/mol. The second-order valence-electron chi connectivity index (χ2n) is 13.2. The van der Waals surface area contributed by atoms with Crippen LogP contribution in [-0.4, -0.2) is 52.9 Å². The number of amides is 4. The number of benzene rings is 2. The smallest absolute Gasteiger partial charge is 0.241 e. The lowest BCUT2D eigenvalue weighted by Crippen LogP contribution is -2.49. The molecule has 2 aromatic carbocycles. The molecule has 1 N–H and O–H groups in total. The number of halogens is 2. The Morgan fingerprint density at radius 1 is 1.00 bits per heavy atom. The van der Waals surface area contributed by atoms with Gasteiger partial charge in [-0.2, -0.15) is 0 Å². The summed E-state index contributed by atoms with van der Waals surface area (Å²) in [7, 11) is 0. The predicted octanol–water partition coefficient (Wildman–Crippen LogP) is 5.41. The molecule has 7 rings (SSSR count). The number of likely N-dealkylation sites (tertiary alicyclic amines) is 1. The first-order valence-corrected chi connectivity index (χ1v) is 16.3. The van der Waals surface area contributed by atoms with Gasteiger partial charge in [-0.05, 0) is 62.8 Å². The summed E-state index contributed by atoms with van der Waals surface area (Å²) in [6.45, 7) is 1.61. The summed E-state index contributed by atoms with van der Waals surface area (Å²) in [5, 5.41) is 9.33. The van der Waals surface area contributed by atoms with Crippen LogP contribution in [-0.2, 0) is 19.2 Å². The van der Waals surface area contributed by atoms with Crippen LogP contribution in [0.4, 0.5) is 10.1 Å². The fourth-order valence-electron chi connectivity index (χ4n) is 8.96. The average Bonchev–Trinajstić information content (AvgIpc) is 3.41. The molecule has 10 heteroatoms. The highest BCUT2D eigenvalue weighted by Gasteiger charge is 2.68. The molecule has 0 spiro atoms. The van der Waals surface area contributed by atoms with Gasteiger partial charge in [0.1, 0.15) is 18.2 Å². The van der Waals surface area contributed by atoms with Crippen LogP contribution in [0.1, 0.15) is 63.4 Å². The summed E-state index contributed by atoms with van der Waals surface area (Å²) >= 11 is 6.09. The van der Waals surface area contributed by atoms with E-state index in [0.29, 0.717) is 17.7 Å². The van der Waals surface area contributed by atoms with E-state index < -0.39 is 52.6 Å². The summed E-state index contributed by atoms with van der Waals surface area (Å²) < 4.78 is 20.1. The van der Waals surface area contributed by atoms with Crippen molar-refractivity contribution in [2.24, 2.45) is 29.1 Å². The van der Waals surface area contributed by atoms with Crippen molar-refractivity contribution in [3.8, 4) is 5.75 Å². The van der Waals surface area contributed by atoms with Crippen LogP contribution in [0.2, 0.25) is 5.02 Å². The number of allylic oxidation sites excluding steroid dienone is 2. The Balaban J connectivity index is 1.36. The largest absolute Gasteiger partial charge is 0.491 e. The van der Waals surface area contributed by atoms with E-state index in [1.165, 1.54) is 17.0 Å². The van der Waals surface area contributed by atoms with Gasteiger partial charge in [-0.3, -0.25) is 24.1 Å². The number of carbonyl (C=O) groups excluding carboxylic acids is 4. The van der Waals surface area contributed by atoms with Gasteiger partial charge >= 0.3 is 0 Å². The SMILES string of the molecule is CC12C(=O)N(c3ccc(F)c(Cl)c3)C(=O)C1CC1C(=CCC3C(=O)N(C4CCCCC4)C(=O)C31)C2c1ccccc1OCCO. The van der Waals surface area contributed by atoms with E-state index in [1.54, 1.807) is 19.1 Å². The van der Waals surface area contributed by atoms with Crippen molar-refractivity contribution in [2.75, 3.05) is 18.1 Å². The third-order valence-electron chi connectivity index (χ3n) is 11.0. The molecular formula is C35H36ClFN2O6. The summed E-state index contributed by atoms with van der Waals surface area (Å²) in [4.78, 5) is 59.6. The Morgan fingerprint density at radius 2 is 1.76 bits per heavy atom. The van der Waals surface area contributed by atoms with Crippen molar-refractivity contribution in [1.29, 1.82) is 0 Å². The number of aliphatic hydroxyl groups excluding tert-OH is 1. The molecule has 6 atom stereocenters. The number of para-hydroxylation sites is 1. The van der Waals surface area contributed by atoms with E-state index >= 15 is 0 Å². The van der Waals surface area contributed by atoms with Crippen LogP contribution in [0.25, 0.3) is 0 Å². The molecule has 2 aliphatic heterocycles. The molecule has 2 saturated carbocycles. The van der Waals surface area contributed by atoms with Crippen molar-refractivity contribution >= 4 is 40.9 Å². The summed E-state index contributed by atoms with van der Waals surface area (Å²) in [6.07, 6.45) is 7.30. The maximum absolute atomic E-state index is 14.6. The zero-order chi connectivity index (χ0) is 31.6. The molecule has 0 bridgehead atoms. The lowest BCUT2D eigenvalue weighted by Gasteiger charge is -2.49. The number of fused-ring (bicyclic) bond motifs is 4. The second kappa shape index (κ2) is 11.4. The van der Waals surface area contributed by atoms with E-state index in [1.807, 2.05) is 18.2 Å². The van der Waals surface area contributed by atoms with Gasteiger partial charge in [0.25, 0.3) is 0 Å². The van der Waals surface area contributed by atoms with Crippen molar-refractivity contribution in [1.82, 2.24) is 4.90 Å². The highest BCUT2D eigenvalue weighted by Crippen LogP contribution is 2.64. The van der Waals surface area contributed by atoms with Gasteiger partial charge in [-0.25, -0.2) is 9.29 Å². The molecule has 4 amide bonds. The lowest BCUT2D eigenvalue weighted by atomic mass is 9.51. The fourth-order valence-corrected chi connectivity index (χ4v) is 9.13. The monoisotopic (exact) mass is 634 g/mol. The van der Waals surface area contributed by atoms with E-state index in [-0.39, 0.29) is 48.2 Å². The third kappa shape index (κ3) is 4.48. The molecule has 6 unspecified atom stereocenters. The van der Waals surface area contributed by atoms with Crippen molar-refractivity contribution in [3.63, 3.8) is 0 Å². The number of carbonyl (C=O) groups is 4. The van der Waals surface area contributed by atoms with Gasteiger partial charge in [0.05, 0.1) is 40.5 Å². The van der Waals surface area contributed by atoms with Crippen molar-refractivity contribution in [3.05, 3.63) is 70.5 Å². The molecule has 5 aliphatic rings. The average molecular weight is 635 g/mol. The van der Waals surface area contributed by atoms with Gasteiger partial charge in [-0.1, -0.05) is 60.7 Å². The minimum Gasteiger partial charge on any atom is -0.491 e. The van der Waals surface area contributed by atoms with E-state index in [4.69, 9.17) is 16.3 Å². The number of aliphatic hydroxyl groups is 1. The zero-order valence-electron chi connectivity index (χ0n) is 25.1. The molecule has 8 nitrogen and oxygen atoms in total. The first-order chi connectivity index (χ1) is 21.7. The maximum Gasteiger partial charge on any atom is 0.241 e. The Morgan fingerprint density at radius 3 is 2.49 bits per heavy atom. The summed E-state index contributed by atoms with van der Waals surface area (Å²) in [5.74, 6) is -4.39. The quantitative estimate of drug-likeness (QED) is 0.337. The zero-order valence-corrected chi connectivity index (χ0v) is 25.8. The second-order valence-corrected chi connectivity index (χ2v) is 13.6. The van der Waals surface area contributed by atoms with Gasteiger partial charge in [0.15, 0.2) is 0 Å².